The van der Waals surface area contributed by atoms with Crippen LogP contribution in [-0.4, -0.2) is 12.5 Å². The number of carbonyl (C=O) groups excluding carboxylic acids is 1. The monoisotopic (exact) mass is 437 g/mol. The van der Waals surface area contributed by atoms with E-state index in [0.717, 1.165) is 16.7 Å². The van der Waals surface area contributed by atoms with Crippen molar-refractivity contribution in [3.63, 3.8) is 0 Å². The number of hydrogen-bond donors (Lipinski definition) is 1. The summed E-state index contributed by atoms with van der Waals surface area (Å²) in [5.41, 5.74) is 3.63. The summed E-state index contributed by atoms with van der Waals surface area (Å²) in [6, 6.07) is 29.9. The maximum Gasteiger partial charge on any atom is 0.335 e. The van der Waals surface area contributed by atoms with Crippen LogP contribution in [0.25, 0.3) is 0 Å². The van der Waals surface area contributed by atoms with E-state index in [0.29, 0.717) is 12.1 Å². The molecule has 0 amide bonds. The lowest BCUT2D eigenvalue weighted by atomic mass is 9.98. The number of halogens is 1. The maximum atomic E-state index is 12.2. The van der Waals surface area contributed by atoms with E-state index in [2.05, 4.69) is 36.2 Å². The highest BCUT2D eigenvalue weighted by Crippen LogP contribution is 2.21. The predicted octanol–water partition coefficient (Wildman–Crippen LogP) is 5.24. The fourth-order valence-corrected chi connectivity index (χ4v) is 2.84. The third-order valence-electron chi connectivity index (χ3n) is 4.29. The van der Waals surface area contributed by atoms with Crippen LogP contribution in [0.1, 0.15) is 22.7 Å². The fourth-order valence-electron chi connectivity index (χ4n) is 2.84. The van der Waals surface area contributed by atoms with Gasteiger partial charge in [0.15, 0.2) is 0 Å². The van der Waals surface area contributed by atoms with Gasteiger partial charge in [0.1, 0.15) is 6.61 Å². The number of carbonyl (C=O) groups is 1. The van der Waals surface area contributed by atoms with Gasteiger partial charge in [-0.2, -0.15) is 0 Å². The van der Waals surface area contributed by atoms with E-state index >= 15 is 0 Å². The van der Waals surface area contributed by atoms with Crippen LogP contribution in [0.5, 0.6) is 0 Å². The Labute approximate surface area is 176 Å². The maximum absolute atomic E-state index is 12.2. The van der Waals surface area contributed by atoms with Crippen LogP contribution < -0.4 is 5.32 Å². The zero-order chi connectivity index (χ0) is 18.9. The van der Waals surface area contributed by atoms with Crippen molar-refractivity contribution in [1.82, 2.24) is 5.32 Å². The summed E-state index contributed by atoms with van der Waals surface area (Å²) in [6.45, 7) is 4.49. The Morgan fingerprint density at radius 1 is 0.821 bits per heavy atom. The van der Waals surface area contributed by atoms with Crippen LogP contribution in [0.4, 0.5) is 0 Å². The summed E-state index contributed by atoms with van der Waals surface area (Å²) in [5.74, 6) is -0.383. The Morgan fingerprint density at radius 3 is 1.79 bits per heavy atom. The van der Waals surface area contributed by atoms with E-state index < -0.39 is 0 Å². The first kappa shape index (κ1) is 21.6. The number of ether oxygens (including phenoxy) is 1. The molecule has 0 bridgehead atoms. The van der Waals surface area contributed by atoms with Crippen LogP contribution in [0.15, 0.2) is 103 Å². The Balaban J connectivity index is 0.00000280. The summed E-state index contributed by atoms with van der Waals surface area (Å²) in [4.78, 5) is 12.2. The molecule has 0 aliphatic rings. The molecule has 0 saturated carbocycles. The van der Waals surface area contributed by atoms with Crippen LogP contribution in [-0.2, 0) is 16.1 Å². The van der Waals surface area contributed by atoms with Gasteiger partial charge in [0.2, 0.25) is 0 Å². The summed E-state index contributed by atoms with van der Waals surface area (Å²) in [6.07, 6.45) is 0. The largest absolute Gasteiger partial charge is 0.457 e. The smallest absolute Gasteiger partial charge is 0.335 e. The van der Waals surface area contributed by atoms with Crippen LogP contribution in [0, 0.1) is 0 Å². The number of benzene rings is 3. The van der Waals surface area contributed by atoms with Gasteiger partial charge in [0.05, 0.1) is 6.04 Å². The van der Waals surface area contributed by atoms with Gasteiger partial charge in [-0.1, -0.05) is 97.6 Å². The molecule has 0 aliphatic carbocycles. The van der Waals surface area contributed by atoms with Crippen molar-refractivity contribution in [2.75, 3.05) is 6.54 Å². The van der Waals surface area contributed by atoms with Gasteiger partial charge in [-0.25, -0.2) is 4.79 Å². The summed E-state index contributed by atoms with van der Waals surface area (Å²) < 4.78 is 5.36. The minimum atomic E-state index is -0.383. The van der Waals surface area contributed by atoms with E-state index in [4.69, 9.17) is 4.74 Å². The van der Waals surface area contributed by atoms with Gasteiger partial charge in [0.25, 0.3) is 0 Å². The Kier molecular flexibility index (Phi) is 8.66. The standard InChI is InChI=1S/C24H23NO2.BrH/c1-19(24(26)27-18-20-11-5-2-6-12-20)17-25-23(21-13-7-3-8-14-21)22-15-9-4-10-16-22;/h2-16,23,25H,1,17-18H2;1H. The average molecular weight is 438 g/mol. The van der Waals surface area contributed by atoms with Crippen molar-refractivity contribution >= 4 is 23.0 Å². The molecule has 0 aromatic heterocycles. The van der Waals surface area contributed by atoms with Gasteiger partial charge in [-0.3, -0.25) is 0 Å². The quantitative estimate of drug-likeness (QED) is 0.386. The molecule has 28 heavy (non-hydrogen) atoms. The van der Waals surface area contributed by atoms with E-state index in [1.807, 2.05) is 66.7 Å². The third kappa shape index (κ3) is 6.19. The normalized spacial score (nSPS) is 10.2. The first-order valence-electron chi connectivity index (χ1n) is 8.96. The Hall–Kier alpha value is -2.69. The molecule has 3 aromatic rings. The van der Waals surface area contributed by atoms with E-state index in [-0.39, 0.29) is 35.6 Å². The van der Waals surface area contributed by atoms with Gasteiger partial charge < -0.3 is 10.1 Å². The molecule has 144 valence electrons. The lowest BCUT2D eigenvalue weighted by Gasteiger charge is -2.20. The molecule has 0 atom stereocenters. The molecule has 0 spiro atoms. The van der Waals surface area contributed by atoms with Crippen molar-refractivity contribution < 1.29 is 9.53 Å². The third-order valence-corrected chi connectivity index (χ3v) is 4.29. The van der Waals surface area contributed by atoms with Crippen LogP contribution in [0.3, 0.4) is 0 Å². The van der Waals surface area contributed by atoms with Gasteiger partial charge in [-0.05, 0) is 16.7 Å². The second kappa shape index (κ2) is 11.2. The molecule has 0 unspecified atom stereocenters. The molecule has 0 aliphatic heterocycles. The topological polar surface area (TPSA) is 38.3 Å². The first-order valence-corrected chi connectivity index (χ1v) is 8.96. The van der Waals surface area contributed by atoms with Crippen molar-refractivity contribution in [3.05, 3.63) is 120 Å². The van der Waals surface area contributed by atoms with Gasteiger partial charge >= 0.3 is 5.97 Å². The average Bonchev–Trinajstić information content (AvgIpc) is 2.74. The van der Waals surface area contributed by atoms with Crippen molar-refractivity contribution in [2.45, 2.75) is 12.6 Å². The molecule has 0 heterocycles. The first-order chi connectivity index (χ1) is 13.2. The zero-order valence-corrected chi connectivity index (χ0v) is 17.3. The van der Waals surface area contributed by atoms with Crippen molar-refractivity contribution in [1.29, 1.82) is 0 Å². The predicted molar refractivity (Wildman–Crippen MR) is 118 cm³/mol. The number of esters is 1. The SMILES string of the molecule is Br.C=C(CNC(c1ccccc1)c1ccccc1)C(=O)OCc1ccccc1. The molecule has 3 rings (SSSR count). The Morgan fingerprint density at radius 2 is 1.29 bits per heavy atom. The number of nitrogens with one attached hydrogen (secondary N) is 1. The summed E-state index contributed by atoms with van der Waals surface area (Å²) >= 11 is 0. The highest BCUT2D eigenvalue weighted by atomic mass is 79.9. The second-order valence-electron chi connectivity index (χ2n) is 6.30. The molecule has 3 aromatic carbocycles. The van der Waals surface area contributed by atoms with E-state index in [1.165, 1.54) is 0 Å². The van der Waals surface area contributed by atoms with E-state index in [9.17, 15) is 4.79 Å². The minimum Gasteiger partial charge on any atom is -0.457 e. The zero-order valence-electron chi connectivity index (χ0n) is 15.6. The van der Waals surface area contributed by atoms with Crippen molar-refractivity contribution in [2.24, 2.45) is 0 Å². The molecular formula is C24H24BrNO2. The molecular weight excluding hydrogens is 414 g/mol. The number of hydrogen-bond acceptors (Lipinski definition) is 3. The molecule has 1 N–H and O–H groups in total. The highest BCUT2D eigenvalue weighted by molar-refractivity contribution is 8.93. The second-order valence-corrected chi connectivity index (χ2v) is 6.30. The molecule has 0 fully saturated rings. The molecule has 0 saturated heterocycles. The Bertz CT molecular complexity index is 827. The molecule has 4 heteroatoms. The lowest BCUT2D eigenvalue weighted by Crippen LogP contribution is -2.27. The van der Waals surface area contributed by atoms with Crippen LogP contribution >= 0.6 is 17.0 Å². The van der Waals surface area contributed by atoms with Crippen molar-refractivity contribution in [3.8, 4) is 0 Å². The summed E-state index contributed by atoms with van der Waals surface area (Å²) in [5, 5.41) is 3.43. The number of rotatable bonds is 8. The van der Waals surface area contributed by atoms with Crippen LogP contribution in [0.2, 0.25) is 0 Å². The van der Waals surface area contributed by atoms with E-state index in [1.54, 1.807) is 0 Å². The molecule has 3 nitrogen and oxygen atoms in total. The lowest BCUT2D eigenvalue weighted by molar-refractivity contribution is -0.140. The fraction of sp³-hybridized carbons (Fsp3) is 0.125. The van der Waals surface area contributed by atoms with Gasteiger partial charge in [-0.15, -0.1) is 17.0 Å². The summed E-state index contributed by atoms with van der Waals surface area (Å²) in [7, 11) is 0. The van der Waals surface area contributed by atoms with Gasteiger partial charge in [0, 0.05) is 12.1 Å². The molecule has 0 radical (unpaired) electrons. The minimum absolute atomic E-state index is 0. The highest BCUT2D eigenvalue weighted by Gasteiger charge is 2.16.